The Morgan fingerprint density at radius 2 is 1.79 bits per heavy atom. The molecule has 0 unspecified atom stereocenters. The highest BCUT2D eigenvalue weighted by molar-refractivity contribution is 14.1. The quantitative estimate of drug-likeness (QED) is 0.516. The van der Waals surface area contributed by atoms with E-state index in [-0.39, 0.29) is 16.1 Å². The van der Waals surface area contributed by atoms with Gasteiger partial charge in [0.25, 0.3) is 0 Å². The van der Waals surface area contributed by atoms with Crippen LogP contribution in [0.15, 0.2) is 30.3 Å². The third-order valence-electron chi connectivity index (χ3n) is 5.19. The number of ether oxygens (including phenoxy) is 1. The maximum atomic E-state index is 13.4. The highest BCUT2D eigenvalue weighted by atomic mass is 127. The van der Waals surface area contributed by atoms with Crippen molar-refractivity contribution in [1.29, 1.82) is 0 Å². The Hall–Kier alpha value is -1.62. The molecule has 3 rings (SSSR count). The van der Waals surface area contributed by atoms with Gasteiger partial charge in [-0.05, 0) is 60.1 Å². The molecule has 0 amide bonds. The number of benzene rings is 1. The van der Waals surface area contributed by atoms with E-state index < -0.39 is 17.8 Å². The van der Waals surface area contributed by atoms with Crippen LogP contribution in [-0.2, 0) is 22.3 Å². The number of aromatic nitrogens is 2. The largest absolute Gasteiger partial charge is 0.480 e. The van der Waals surface area contributed by atoms with Crippen LogP contribution in [0.2, 0.25) is 0 Å². The van der Waals surface area contributed by atoms with Crippen molar-refractivity contribution >= 4 is 28.6 Å². The average Bonchev–Trinajstić information content (AvgIpc) is 3.00. The summed E-state index contributed by atoms with van der Waals surface area (Å²) in [5.74, 6) is -0.464. The minimum Gasteiger partial charge on any atom is -0.480 e. The van der Waals surface area contributed by atoms with Crippen LogP contribution in [0.25, 0.3) is 11.3 Å². The van der Waals surface area contributed by atoms with Gasteiger partial charge in [0.15, 0.2) is 5.69 Å². The van der Waals surface area contributed by atoms with Crippen LogP contribution in [0.1, 0.15) is 31.4 Å². The van der Waals surface area contributed by atoms with Crippen LogP contribution < -0.4 is 0 Å². The second-order valence-electron chi connectivity index (χ2n) is 7.35. The first-order valence-electron chi connectivity index (χ1n) is 9.44. The number of halogens is 4. The highest BCUT2D eigenvalue weighted by Crippen LogP contribution is 2.38. The molecule has 1 aliphatic carbocycles. The lowest BCUT2D eigenvalue weighted by Gasteiger charge is -2.28. The predicted octanol–water partition coefficient (Wildman–Crippen LogP) is 5.08. The van der Waals surface area contributed by atoms with Gasteiger partial charge in [0.1, 0.15) is 6.61 Å². The third-order valence-corrected chi connectivity index (χ3v) is 6.21. The third kappa shape index (κ3) is 5.71. The van der Waals surface area contributed by atoms with Gasteiger partial charge in [-0.2, -0.15) is 18.3 Å². The van der Waals surface area contributed by atoms with Gasteiger partial charge in [0.05, 0.1) is 15.9 Å². The van der Waals surface area contributed by atoms with Crippen molar-refractivity contribution in [2.75, 3.05) is 13.2 Å². The fourth-order valence-corrected chi connectivity index (χ4v) is 4.77. The normalized spacial score (nSPS) is 20.0. The summed E-state index contributed by atoms with van der Waals surface area (Å²) in [4.78, 5) is 10.5. The molecule has 1 aliphatic rings. The molecular weight excluding hydrogens is 500 g/mol. The number of aliphatic carboxylic acids is 1. The smallest absolute Gasteiger partial charge is 0.436 e. The highest BCUT2D eigenvalue weighted by Gasteiger charge is 2.39. The number of rotatable bonds is 7. The first kappa shape index (κ1) is 22.1. The van der Waals surface area contributed by atoms with Gasteiger partial charge in [-0.25, -0.2) is 4.79 Å². The van der Waals surface area contributed by atoms with E-state index in [2.05, 4.69) is 5.10 Å². The molecule has 0 aliphatic heterocycles. The molecule has 0 saturated heterocycles. The van der Waals surface area contributed by atoms with Gasteiger partial charge in [0, 0.05) is 12.1 Å². The van der Waals surface area contributed by atoms with E-state index in [0.29, 0.717) is 24.8 Å². The van der Waals surface area contributed by atoms with Crippen molar-refractivity contribution in [2.45, 2.75) is 38.4 Å². The predicted molar refractivity (Wildman–Crippen MR) is 109 cm³/mol. The van der Waals surface area contributed by atoms with Crippen LogP contribution in [0.5, 0.6) is 0 Å². The minimum absolute atomic E-state index is 0.122. The molecule has 1 N–H and O–H groups in total. The Kier molecular flexibility index (Phi) is 7.20. The summed E-state index contributed by atoms with van der Waals surface area (Å²) in [6.45, 7) is 0.539. The van der Waals surface area contributed by atoms with Crippen molar-refractivity contribution in [3.63, 3.8) is 0 Å². The Bertz CT molecular complexity index is 831. The van der Waals surface area contributed by atoms with Crippen LogP contribution in [0.4, 0.5) is 13.2 Å². The van der Waals surface area contributed by atoms with E-state index in [4.69, 9.17) is 9.84 Å². The van der Waals surface area contributed by atoms with E-state index in [1.165, 1.54) is 4.68 Å². The molecule has 29 heavy (non-hydrogen) atoms. The lowest BCUT2D eigenvalue weighted by Crippen LogP contribution is -2.23. The molecule has 9 heteroatoms. The van der Waals surface area contributed by atoms with Gasteiger partial charge in [-0.3, -0.25) is 4.68 Å². The van der Waals surface area contributed by atoms with Gasteiger partial charge in [0.2, 0.25) is 0 Å². The van der Waals surface area contributed by atoms with Gasteiger partial charge >= 0.3 is 12.1 Å². The average molecular weight is 522 g/mol. The van der Waals surface area contributed by atoms with Crippen LogP contribution >= 0.6 is 22.6 Å². The molecule has 1 fully saturated rings. The summed E-state index contributed by atoms with van der Waals surface area (Å²) in [6.07, 6.45) is -1.05. The van der Waals surface area contributed by atoms with E-state index >= 15 is 0 Å². The molecule has 1 heterocycles. The minimum atomic E-state index is -4.50. The molecule has 2 aromatic rings. The molecule has 1 aromatic carbocycles. The fraction of sp³-hybridized carbons (Fsp3) is 0.500. The van der Waals surface area contributed by atoms with E-state index in [1.807, 2.05) is 6.07 Å². The topological polar surface area (TPSA) is 64.3 Å². The number of carbonyl (C=O) groups is 1. The number of nitrogens with zero attached hydrogens (tertiary/aromatic N) is 2. The Morgan fingerprint density at radius 3 is 2.38 bits per heavy atom. The lowest BCUT2D eigenvalue weighted by molar-refractivity contribution is -0.143. The Morgan fingerprint density at radius 1 is 1.17 bits per heavy atom. The number of carboxylic acids is 1. The van der Waals surface area contributed by atoms with Crippen LogP contribution in [0.3, 0.4) is 0 Å². The molecule has 0 bridgehead atoms. The van der Waals surface area contributed by atoms with Crippen LogP contribution in [-0.4, -0.2) is 34.1 Å². The summed E-state index contributed by atoms with van der Waals surface area (Å²) >= 11 is 1.74. The lowest BCUT2D eigenvalue weighted by atomic mass is 9.82. The summed E-state index contributed by atoms with van der Waals surface area (Å²) < 4.78 is 47.1. The van der Waals surface area contributed by atoms with Crippen molar-refractivity contribution in [3.05, 3.63) is 39.6 Å². The molecule has 158 valence electrons. The molecular formula is C20H22F3IN2O3. The standard InChI is InChI=1S/C20H22F3IN2O3/c21-20(22,23)19-17(24)18(15-4-2-1-3-5-15)26(25-19)10-13-6-8-14(9-7-13)11-29-12-16(27)28/h1-5,13-14H,6-12H2,(H,27,28)/t13-,14-. The zero-order valence-electron chi connectivity index (χ0n) is 15.7. The summed E-state index contributed by atoms with van der Waals surface area (Å²) in [5.41, 5.74) is 0.383. The van der Waals surface area contributed by atoms with E-state index in [0.717, 1.165) is 31.2 Å². The van der Waals surface area contributed by atoms with Crippen molar-refractivity contribution in [3.8, 4) is 11.3 Å². The molecule has 0 spiro atoms. The zero-order chi connectivity index (χ0) is 21.0. The first-order valence-corrected chi connectivity index (χ1v) is 10.5. The number of hydrogen-bond acceptors (Lipinski definition) is 3. The van der Waals surface area contributed by atoms with Crippen molar-refractivity contribution < 1.29 is 27.8 Å². The fourth-order valence-electron chi connectivity index (χ4n) is 3.76. The van der Waals surface area contributed by atoms with Crippen LogP contribution in [0, 0.1) is 15.4 Å². The van der Waals surface area contributed by atoms with Gasteiger partial charge in [-0.15, -0.1) is 0 Å². The number of hydrogen-bond donors (Lipinski definition) is 1. The first-order chi connectivity index (χ1) is 13.8. The Labute approximate surface area is 180 Å². The van der Waals surface area contributed by atoms with E-state index in [9.17, 15) is 18.0 Å². The molecule has 0 atom stereocenters. The summed E-state index contributed by atoms with van der Waals surface area (Å²) in [7, 11) is 0. The molecule has 1 aromatic heterocycles. The SMILES string of the molecule is O=C(O)COC[C@H]1CC[C@H](Cn2nc(C(F)(F)F)c(I)c2-c2ccccc2)CC1. The number of carboxylic acid groups (broad SMARTS) is 1. The second kappa shape index (κ2) is 9.46. The van der Waals surface area contributed by atoms with Crippen molar-refractivity contribution in [1.82, 2.24) is 9.78 Å². The van der Waals surface area contributed by atoms with Crippen molar-refractivity contribution in [2.24, 2.45) is 11.8 Å². The maximum absolute atomic E-state index is 13.4. The van der Waals surface area contributed by atoms with E-state index in [1.54, 1.807) is 46.9 Å². The maximum Gasteiger partial charge on any atom is 0.436 e. The monoisotopic (exact) mass is 522 g/mol. The van der Waals surface area contributed by atoms with Gasteiger partial charge < -0.3 is 9.84 Å². The second-order valence-corrected chi connectivity index (χ2v) is 8.43. The Balaban J connectivity index is 1.72. The van der Waals surface area contributed by atoms with Gasteiger partial charge in [-0.1, -0.05) is 30.3 Å². The molecule has 5 nitrogen and oxygen atoms in total. The number of alkyl halides is 3. The summed E-state index contributed by atoms with van der Waals surface area (Å²) in [6, 6.07) is 9.03. The zero-order valence-corrected chi connectivity index (χ0v) is 17.8. The molecule has 0 radical (unpaired) electrons. The summed E-state index contributed by atoms with van der Waals surface area (Å²) in [5, 5.41) is 12.6. The molecule has 1 saturated carbocycles.